The van der Waals surface area contributed by atoms with E-state index in [0.29, 0.717) is 24.3 Å². The third kappa shape index (κ3) is 4.83. The summed E-state index contributed by atoms with van der Waals surface area (Å²) in [4.78, 5) is 0. The topological polar surface area (TPSA) is 52.0 Å². The predicted molar refractivity (Wildman–Crippen MR) is 121 cm³/mol. The monoisotopic (exact) mass is 616 g/mol. The van der Waals surface area contributed by atoms with Gasteiger partial charge in [0, 0.05) is 22.5 Å². The van der Waals surface area contributed by atoms with E-state index in [4.69, 9.17) is 11.5 Å². The van der Waals surface area contributed by atoms with Crippen molar-refractivity contribution in [2.75, 3.05) is 11.5 Å². The van der Waals surface area contributed by atoms with Crippen LogP contribution >= 0.6 is 0 Å². The maximum Gasteiger partial charge on any atom is 0.417 e. The Balaban J connectivity index is 2.06. The molecule has 0 bridgehead atoms. The van der Waals surface area contributed by atoms with Gasteiger partial charge in [0.15, 0.2) is 46.5 Å². The molecule has 0 saturated heterocycles. The molecule has 0 aliphatic heterocycles. The second-order valence-electron chi connectivity index (χ2n) is 8.62. The van der Waals surface area contributed by atoms with Gasteiger partial charge < -0.3 is 11.5 Å². The molecule has 16 heteroatoms. The van der Waals surface area contributed by atoms with E-state index >= 15 is 35.1 Å². The molecule has 222 valence electrons. The number of alkyl halides is 6. The first-order chi connectivity index (χ1) is 19.3. The van der Waals surface area contributed by atoms with E-state index in [0.717, 1.165) is 0 Å². The number of nitrogens with two attached hydrogens (primary N) is 2. The lowest BCUT2D eigenvalue weighted by Gasteiger charge is -2.19. The molecule has 4 N–H and O–H groups in total. The molecule has 0 fully saturated rings. The Labute approximate surface area is 224 Å². The molecule has 0 unspecified atom stereocenters. The van der Waals surface area contributed by atoms with Crippen molar-refractivity contribution in [2.24, 2.45) is 0 Å². The smallest absolute Gasteiger partial charge is 0.399 e. The van der Waals surface area contributed by atoms with Crippen molar-refractivity contribution in [1.82, 2.24) is 0 Å². The maximum absolute atomic E-state index is 15.1. The third-order valence-corrected chi connectivity index (χ3v) is 6.01. The first-order valence-corrected chi connectivity index (χ1v) is 10.9. The molecule has 4 aromatic rings. The van der Waals surface area contributed by atoms with E-state index in [2.05, 4.69) is 0 Å². The van der Waals surface area contributed by atoms with Crippen LogP contribution < -0.4 is 11.5 Å². The van der Waals surface area contributed by atoms with Crippen LogP contribution in [0.2, 0.25) is 0 Å². The Morgan fingerprint density at radius 1 is 0.381 bits per heavy atom. The van der Waals surface area contributed by atoms with Crippen molar-refractivity contribution in [1.29, 1.82) is 0 Å². The predicted octanol–water partition coefficient (Wildman–Crippen LogP) is 9.00. The van der Waals surface area contributed by atoms with Crippen LogP contribution in [0.5, 0.6) is 0 Å². The van der Waals surface area contributed by atoms with Crippen LogP contribution in [0.3, 0.4) is 0 Å². The van der Waals surface area contributed by atoms with E-state index in [1.165, 1.54) is 0 Å². The fraction of sp³-hybridized carbons (Fsp3) is 0.0769. The Bertz CT molecular complexity index is 1570. The Kier molecular flexibility index (Phi) is 7.32. The number of nitrogen functional groups attached to an aromatic ring is 2. The average Bonchev–Trinajstić information content (AvgIpc) is 2.89. The van der Waals surface area contributed by atoms with Gasteiger partial charge in [-0.1, -0.05) is 12.1 Å². The molecule has 0 aromatic heterocycles. The highest BCUT2D eigenvalue weighted by Gasteiger charge is 2.40. The lowest BCUT2D eigenvalue weighted by molar-refractivity contribution is -0.137. The minimum Gasteiger partial charge on any atom is -0.399 e. The zero-order valence-electron chi connectivity index (χ0n) is 19.9. The number of rotatable bonds is 3. The first-order valence-electron chi connectivity index (χ1n) is 10.9. The SMILES string of the molecule is Nc1ccc(-c2c(F)c(F)c(-c3c(F)c(F)c(-c4ccc(N)cc4C(F)(F)F)c(F)c3F)c(F)c2F)c(C(F)(F)F)c1. The van der Waals surface area contributed by atoms with Gasteiger partial charge in [-0.3, -0.25) is 0 Å². The average molecular weight is 616 g/mol. The summed E-state index contributed by atoms with van der Waals surface area (Å²) in [6.07, 6.45) is -10.8. The summed E-state index contributed by atoms with van der Waals surface area (Å²) >= 11 is 0. The molecule has 4 aromatic carbocycles. The molecular formula is C26H10F14N2. The molecule has 0 heterocycles. The van der Waals surface area contributed by atoms with Crippen LogP contribution in [0.25, 0.3) is 33.4 Å². The first kappa shape index (κ1) is 30.5. The van der Waals surface area contributed by atoms with Crippen LogP contribution in [0.4, 0.5) is 72.8 Å². The standard InChI is InChI=1S/C26H10F14N2/c27-17-13(9-3-1-7(41)5-11(9)25(35,36)37)18(28)22(32)15(21(17)31)16-23(33)19(29)14(20(30)24(16)34)10-4-2-8(42)6-12(10)26(38,39)40/h1-6H,41-42H2. The minimum absolute atomic E-state index is 0.160. The van der Waals surface area contributed by atoms with E-state index in [9.17, 15) is 26.3 Å². The third-order valence-electron chi connectivity index (χ3n) is 6.01. The Morgan fingerprint density at radius 2 is 0.619 bits per heavy atom. The van der Waals surface area contributed by atoms with Gasteiger partial charge >= 0.3 is 12.4 Å². The summed E-state index contributed by atoms with van der Waals surface area (Å²) in [5.74, 6) is -21.8. The van der Waals surface area contributed by atoms with Crippen LogP contribution in [-0.2, 0) is 12.4 Å². The molecule has 4 rings (SSSR count). The molecule has 42 heavy (non-hydrogen) atoms. The Morgan fingerprint density at radius 3 is 0.857 bits per heavy atom. The molecule has 0 spiro atoms. The highest BCUT2D eigenvalue weighted by Crippen LogP contribution is 2.46. The maximum atomic E-state index is 15.1. The van der Waals surface area contributed by atoms with E-state index < -0.39 is 115 Å². The number of hydrogen-bond donors (Lipinski definition) is 2. The number of benzene rings is 4. The molecular weight excluding hydrogens is 606 g/mol. The van der Waals surface area contributed by atoms with Gasteiger partial charge in [-0.25, -0.2) is 35.1 Å². The summed E-state index contributed by atoms with van der Waals surface area (Å²) in [7, 11) is 0. The summed E-state index contributed by atoms with van der Waals surface area (Å²) in [5, 5.41) is 0. The van der Waals surface area contributed by atoms with Crippen LogP contribution in [0, 0.1) is 46.5 Å². The van der Waals surface area contributed by atoms with Gasteiger partial charge in [-0.15, -0.1) is 0 Å². The van der Waals surface area contributed by atoms with E-state index in [1.807, 2.05) is 0 Å². The fourth-order valence-corrected chi connectivity index (χ4v) is 4.20. The second kappa shape index (κ2) is 10.1. The lowest BCUT2D eigenvalue weighted by Crippen LogP contribution is -2.13. The van der Waals surface area contributed by atoms with Gasteiger partial charge in [0.1, 0.15) is 0 Å². The molecule has 0 radical (unpaired) electrons. The van der Waals surface area contributed by atoms with Gasteiger partial charge in [0.2, 0.25) is 0 Å². The number of hydrogen-bond acceptors (Lipinski definition) is 2. The zero-order chi connectivity index (χ0) is 31.6. The van der Waals surface area contributed by atoms with E-state index in [-0.39, 0.29) is 12.1 Å². The van der Waals surface area contributed by atoms with Crippen molar-refractivity contribution >= 4 is 11.4 Å². The molecule has 0 aliphatic carbocycles. The van der Waals surface area contributed by atoms with Gasteiger partial charge in [0.25, 0.3) is 0 Å². The second-order valence-corrected chi connectivity index (χ2v) is 8.62. The minimum atomic E-state index is -5.40. The number of halogens is 14. The van der Waals surface area contributed by atoms with Crippen molar-refractivity contribution in [3.8, 4) is 33.4 Å². The summed E-state index contributed by atoms with van der Waals surface area (Å²) in [6, 6.07) is 2.32. The summed E-state index contributed by atoms with van der Waals surface area (Å²) in [6.45, 7) is 0. The van der Waals surface area contributed by atoms with Gasteiger partial charge in [0.05, 0.1) is 33.4 Å². The number of anilines is 2. The zero-order valence-corrected chi connectivity index (χ0v) is 19.9. The van der Waals surface area contributed by atoms with Gasteiger partial charge in [-0.2, -0.15) is 26.3 Å². The van der Waals surface area contributed by atoms with Crippen LogP contribution in [0.1, 0.15) is 11.1 Å². The highest BCUT2D eigenvalue weighted by atomic mass is 19.4. The van der Waals surface area contributed by atoms with Crippen molar-refractivity contribution in [3.05, 3.63) is 94.1 Å². The van der Waals surface area contributed by atoms with Crippen LogP contribution in [-0.4, -0.2) is 0 Å². The molecule has 0 aliphatic rings. The highest BCUT2D eigenvalue weighted by molar-refractivity contribution is 5.80. The van der Waals surface area contributed by atoms with Gasteiger partial charge in [-0.05, 0) is 24.3 Å². The molecule has 2 nitrogen and oxygen atoms in total. The largest absolute Gasteiger partial charge is 0.417 e. The van der Waals surface area contributed by atoms with E-state index in [1.54, 1.807) is 0 Å². The van der Waals surface area contributed by atoms with Crippen molar-refractivity contribution in [2.45, 2.75) is 12.4 Å². The van der Waals surface area contributed by atoms with Crippen LogP contribution in [0.15, 0.2) is 36.4 Å². The normalized spacial score (nSPS) is 12.2. The molecule has 0 amide bonds. The molecule has 0 atom stereocenters. The molecule has 0 saturated carbocycles. The lowest BCUT2D eigenvalue weighted by atomic mass is 9.91. The summed E-state index contributed by atoms with van der Waals surface area (Å²) in [5.41, 5.74) is -6.39. The Hall–Kier alpha value is -4.50. The summed E-state index contributed by atoms with van der Waals surface area (Å²) < 4.78 is 201. The quantitative estimate of drug-likeness (QED) is 0.137. The van der Waals surface area contributed by atoms with Crippen molar-refractivity contribution < 1.29 is 61.5 Å². The fourth-order valence-electron chi connectivity index (χ4n) is 4.20. The van der Waals surface area contributed by atoms with Crippen molar-refractivity contribution in [3.63, 3.8) is 0 Å².